The summed E-state index contributed by atoms with van der Waals surface area (Å²) < 4.78 is 1.89. The molecule has 2 unspecified atom stereocenters. The van der Waals surface area contributed by atoms with Crippen molar-refractivity contribution < 1.29 is 4.79 Å². The minimum Gasteiger partial charge on any atom is -0.352 e. The van der Waals surface area contributed by atoms with Crippen LogP contribution < -0.4 is 11.1 Å². The van der Waals surface area contributed by atoms with Crippen LogP contribution in [0.5, 0.6) is 0 Å². The quantitative estimate of drug-likeness (QED) is 0.844. The average Bonchev–Trinajstić information content (AvgIpc) is 2.79. The molecule has 0 bridgehead atoms. The Morgan fingerprint density at radius 3 is 2.52 bits per heavy atom. The number of aromatic nitrogens is 2. The van der Waals surface area contributed by atoms with Crippen LogP contribution in [0.15, 0.2) is 0 Å². The van der Waals surface area contributed by atoms with Crippen molar-refractivity contribution in [2.45, 2.75) is 65.3 Å². The Kier molecular flexibility index (Phi) is 6.22. The van der Waals surface area contributed by atoms with E-state index in [1.807, 2.05) is 25.6 Å². The fourth-order valence-electron chi connectivity index (χ4n) is 3.74. The molecule has 5 nitrogen and oxygen atoms in total. The number of rotatable bonds is 6. The van der Waals surface area contributed by atoms with E-state index < -0.39 is 0 Å². The van der Waals surface area contributed by atoms with Gasteiger partial charge in [-0.15, -0.1) is 0 Å². The summed E-state index contributed by atoms with van der Waals surface area (Å²) in [6, 6.07) is 0.126. The van der Waals surface area contributed by atoms with Crippen molar-refractivity contribution in [3.8, 4) is 0 Å². The van der Waals surface area contributed by atoms with Crippen LogP contribution in [0.1, 0.15) is 56.0 Å². The first-order valence-electron chi connectivity index (χ1n) is 8.93. The Morgan fingerprint density at radius 1 is 1.35 bits per heavy atom. The highest BCUT2D eigenvalue weighted by molar-refractivity contribution is 5.79. The zero-order chi connectivity index (χ0) is 17.0. The predicted octanol–water partition coefficient (Wildman–Crippen LogP) is 2.24. The van der Waals surface area contributed by atoms with Crippen molar-refractivity contribution >= 4 is 5.91 Å². The lowest BCUT2D eigenvalue weighted by Crippen LogP contribution is -2.47. The summed E-state index contributed by atoms with van der Waals surface area (Å²) in [4.78, 5) is 12.6. The van der Waals surface area contributed by atoms with Crippen molar-refractivity contribution in [1.29, 1.82) is 0 Å². The molecule has 1 aliphatic carbocycles. The van der Waals surface area contributed by atoms with E-state index in [2.05, 4.69) is 17.3 Å². The van der Waals surface area contributed by atoms with Gasteiger partial charge >= 0.3 is 0 Å². The van der Waals surface area contributed by atoms with Crippen molar-refractivity contribution in [2.75, 3.05) is 6.54 Å². The topological polar surface area (TPSA) is 72.9 Å². The smallest absolute Gasteiger partial charge is 0.223 e. The van der Waals surface area contributed by atoms with Crippen LogP contribution >= 0.6 is 0 Å². The Bertz CT molecular complexity index is 531. The van der Waals surface area contributed by atoms with Crippen LogP contribution in [0.3, 0.4) is 0 Å². The largest absolute Gasteiger partial charge is 0.352 e. The van der Waals surface area contributed by atoms with Gasteiger partial charge in [0.15, 0.2) is 0 Å². The number of carbonyl (C=O) groups is 1. The van der Waals surface area contributed by atoms with E-state index in [9.17, 15) is 4.79 Å². The maximum Gasteiger partial charge on any atom is 0.223 e. The minimum atomic E-state index is -0.0609. The highest BCUT2D eigenvalue weighted by Crippen LogP contribution is 2.26. The number of nitrogens with zero attached hydrogens (tertiary/aromatic N) is 2. The fourth-order valence-corrected chi connectivity index (χ4v) is 3.74. The van der Waals surface area contributed by atoms with Crippen molar-refractivity contribution in [1.82, 2.24) is 15.1 Å². The van der Waals surface area contributed by atoms with Crippen LogP contribution in [0.25, 0.3) is 0 Å². The molecule has 3 N–H and O–H groups in total. The van der Waals surface area contributed by atoms with Crippen LogP contribution in [0.4, 0.5) is 0 Å². The molecular formula is C18H32N4O. The zero-order valence-corrected chi connectivity index (χ0v) is 15.1. The molecule has 1 fully saturated rings. The normalized spacial score (nSPS) is 18.7. The first-order valence-corrected chi connectivity index (χ1v) is 8.93. The second-order valence-corrected chi connectivity index (χ2v) is 7.13. The zero-order valence-electron chi connectivity index (χ0n) is 15.1. The number of hydrogen-bond acceptors (Lipinski definition) is 3. The van der Waals surface area contributed by atoms with Gasteiger partial charge in [-0.1, -0.05) is 26.2 Å². The Hall–Kier alpha value is -1.36. The van der Waals surface area contributed by atoms with Gasteiger partial charge in [-0.25, -0.2) is 0 Å². The monoisotopic (exact) mass is 320 g/mol. The second-order valence-electron chi connectivity index (χ2n) is 7.13. The van der Waals surface area contributed by atoms with Crippen LogP contribution in [0.2, 0.25) is 0 Å². The van der Waals surface area contributed by atoms with Gasteiger partial charge in [0, 0.05) is 31.2 Å². The van der Waals surface area contributed by atoms with E-state index in [0.717, 1.165) is 17.8 Å². The molecule has 1 aromatic rings. The molecule has 1 aliphatic rings. The average molecular weight is 320 g/mol. The molecule has 0 aromatic carbocycles. The number of hydrogen-bond donors (Lipinski definition) is 2. The molecule has 1 amide bonds. The van der Waals surface area contributed by atoms with Gasteiger partial charge in [0.2, 0.25) is 5.91 Å². The lowest BCUT2D eigenvalue weighted by molar-refractivity contribution is -0.125. The van der Waals surface area contributed by atoms with E-state index in [1.54, 1.807) is 0 Å². The summed E-state index contributed by atoms with van der Waals surface area (Å²) in [5.41, 5.74) is 9.28. The molecule has 2 atom stereocenters. The summed E-state index contributed by atoms with van der Waals surface area (Å²) in [7, 11) is 1.95. The lowest BCUT2D eigenvalue weighted by atomic mass is 9.83. The van der Waals surface area contributed by atoms with Crippen molar-refractivity contribution in [2.24, 2.45) is 24.6 Å². The molecule has 5 heteroatoms. The standard InChI is InChI=1S/C18H32N4O/c1-12(10-16-13(2)21-22(4)14(16)3)18(23)20-17(11-19)15-8-6-5-7-9-15/h12,15,17H,5-11,19H2,1-4H3,(H,20,23). The van der Waals surface area contributed by atoms with Gasteiger partial charge in [-0.2, -0.15) is 5.10 Å². The maximum atomic E-state index is 12.6. The minimum absolute atomic E-state index is 0.0609. The summed E-state index contributed by atoms with van der Waals surface area (Å²) in [6.45, 7) is 6.60. The molecule has 1 aromatic heterocycles. The predicted molar refractivity (Wildman–Crippen MR) is 93.1 cm³/mol. The van der Waals surface area contributed by atoms with E-state index in [4.69, 9.17) is 5.73 Å². The van der Waals surface area contributed by atoms with Gasteiger partial charge in [0.1, 0.15) is 0 Å². The van der Waals surface area contributed by atoms with Crippen molar-refractivity contribution in [3.63, 3.8) is 0 Å². The molecule has 2 rings (SSSR count). The number of carbonyl (C=O) groups excluding carboxylic acids is 1. The molecule has 0 saturated heterocycles. The van der Waals surface area contributed by atoms with Gasteiger partial charge in [-0.3, -0.25) is 9.48 Å². The highest BCUT2D eigenvalue weighted by atomic mass is 16.1. The summed E-state index contributed by atoms with van der Waals surface area (Å²) in [5, 5.41) is 7.65. The van der Waals surface area contributed by atoms with Gasteiger partial charge in [0.25, 0.3) is 0 Å². The molecular weight excluding hydrogens is 288 g/mol. The fraction of sp³-hybridized carbons (Fsp3) is 0.778. The molecule has 1 heterocycles. The van der Waals surface area contributed by atoms with Crippen LogP contribution in [-0.4, -0.2) is 28.3 Å². The van der Waals surface area contributed by atoms with Crippen LogP contribution in [-0.2, 0) is 18.3 Å². The molecule has 130 valence electrons. The van der Waals surface area contributed by atoms with E-state index in [1.165, 1.54) is 37.7 Å². The summed E-state index contributed by atoms with van der Waals surface area (Å²) >= 11 is 0. The van der Waals surface area contributed by atoms with Gasteiger partial charge in [-0.05, 0) is 44.6 Å². The number of nitrogens with two attached hydrogens (primary N) is 1. The summed E-state index contributed by atoms with van der Waals surface area (Å²) in [5.74, 6) is 0.606. The summed E-state index contributed by atoms with van der Waals surface area (Å²) in [6.07, 6.45) is 6.97. The number of amides is 1. The Labute approximate surface area is 140 Å². The van der Waals surface area contributed by atoms with E-state index >= 15 is 0 Å². The molecule has 23 heavy (non-hydrogen) atoms. The van der Waals surface area contributed by atoms with Crippen molar-refractivity contribution in [3.05, 3.63) is 17.0 Å². The molecule has 0 radical (unpaired) electrons. The van der Waals surface area contributed by atoms with Gasteiger partial charge < -0.3 is 11.1 Å². The Morgan fingerprint density at radius 2 is 2.00 bits per heavy atom. The third-order valence-corrected chi connectivity index (χ3v) is 5.42. The highest BCUT2D eigenvalue weighted by Gasteiger charge is 2.26. The third kappa shape index (κ3) is 4.34. The number of aryl methyl sites for hydroxylation is 2. The maximum absolute atomic E-state index is 12.6. The first-order chi connectivity index (χ1) is 10.9. The third-order valence-electron chi connectivity index (χ3n) is 5.42. The second kappa shape index (κ2) is 7.95. The van der Waals surface area contributed by atoms with E-state index in [0.29, 0.717) is 12.5 Å². The van der Waals surface area contributed by atoms with Crippen LogP contribution in [0, 0.1) is 25.7 Å². The van der Waals surface area contributed by atoms with E-state index in [-0.39, 0.29) is 17.9 Å². The van der Waals surface area contributed by atoms with Gasteiger partial charge in [0.05, 0.1) is 5.69 Å². The SMILES string of the molecule is Cc1nn(C)c(C)c1CC(C)C(=O)NC(CN)C1CCCCC1. The molecule has 0 spiro atoms. The molecule has 1 saturated carbocycles. The lowest BCUT2D eigenvalue weighted by Gasteiger charge is -2.31. The molecule has 0 aliphatic heterocycles. The number of nitrogens with one attached hydrogen (secondary N) is 1. The Balaban J connectivity index is 1.95. The first kappa shape index (κ1) is 18.0.